The van der Waals surface area contributed by atoms with Gasteiger partial charge in [0.2, 0.25) is 0 Å². The first kappa shape index (κ1) is 20.2. The van der Waals surface area contributed by atoms with Gasteiger partial charge in [0, 0.05) is 49.4 Å². The van der Waals surface area contributed by atoms with Crippen molar-refractivity contribution in [1.29, 1.82) is 0 Å². The summed E-state index contributed by atoms with van der Waals surface area (Å²) in [7, 11) is 0. The highest BCUT2D eigenvalue weighted by molar-refractivity contribution is 5.60. The van der Waals surface area contributed by atoms with E-state index in [0.29, 0.717) is 36.6 Å². The Morgan fingerprint density at radius 3 is 2.62 bits per heavy atom. The number of nitrogens with zero attached hydrogens (tertiary/aromatic N) is 3. The fraction of sp³-hybridized carbons (Fsp3) is 0.160. The first-order chi connectivity index (χ1) is 15.6. The number of nitrogens with one attached hydrogen (secondary N) is 1. The summed E-state index contributed by atoms with van der Waals surface area (Å²) in [6.07, 6.45) is 2.38. The Morgan fingerprint density at radius 2 is 1.88 bits per heavy atom. The number of halogens is 2. The van der Waals surface area contributed by atoms with Gasteiger partial charge >= 0.3 is 0 Å². The number of H-pyrrole nitrogens is 1. The molecule has 0 saturated carbocycles. The van der Waals surface area contributed by atoms with E-state index in [9.17, 15) is 13.6 Å². The number of rotatable bonds is 4. The van der Waals surface area contributed by atoms with Crippen molar-refractivity contribution in [3.63, 3.8) is 0 Å². The zero-order valence-corrected chi connectivity index (χ0v) is 17.2. The molecule has 5 nitrogen and oxygen atoms in total. The van der Waals surface area contributed by atoms with E-state index in [0.717, 1.165) is 29.4 Å². The number of hydrogen-bond donors (Lipinski definition) is 1. The molecule has 1 aliphatic heterocycles. The molecule has 2 aromatic heterocycles. The van der Waals surface area contributed by atoms with Crippen LogP contribution in [-0.4, -0.2) is 26.4 Å². The van der Waals surface area contributed by atoms with Gasteiger partial charge < -0.3 is 4.98 Å². The number of fused-ring (bicyclic) bond motifs is 1. The zero-order chi connectivity index (χ0) is 22.1. The van der Waals surface area contributed by atoms with E-state index >= 15 is 0 Å². The Kier molecular flexibility index (Phi) is 5.33. The smallest absolute Gasteiger partial charge is 0.255 e. The summed E-state index contributed by atoms with van der Waals surface area (Å²) in [5.41, 5.74) is 3.96. The molecule has 0 atom stereocenters. The minimum atomic E-state index is -0.639. The summed E-state index contributed by atoms with van der Waals surface area (Å²) < 4.78 is 27.1. The third kappa shape index (κ3) is 4.07. The molecule has 0 fully saturated rings. The van der Waals surface area contributed by atoms with Crippen LogP contribution in [0.3, 0.4) is 0 Å². The van der Waals surface area contributed by atoms with Crippen LogP contribution in [-0.2, 0) is 19.5 Å². The molecular weight excluding hydrogens is 410 g/mol. The molecule has 32 heavy (non-hydrogen) atoms. The SMILES string of the molecule is O=c1[nH]c(-c2ccccc2)nc2c1CN(Cc1ccc(-c3ccc(F)cc3F)nc1)CC2. The summed E-state index contributed by atoms with van der Waals surface area (Å²) >= 11 is 0. The fourth-order valence-corrected chi connectivity index (χ4v) is 3.98. The van der Waals surface area contributed by atoms with Crippen LogP contribution in [0.5, 0.6) is 0 Å². The summed E-state index contributed by atoms with van der Waals surface area (Å²) in [5, 5.41) is 0. The molecule has 0 saturated heterocycles. The van der Waals surface area contributed by atoms with Gasteiger partial charge in [0.25, 0.3) is 5.56 Å². The van der Waals surface area contributed by atoms with Crippen LogP contribution in [0, 0.1) is 11.6 Å². The van der Waals surface area contributed by atoms with Gasteiger partial charge in [-0.3, -0.25) is 14.7 Å². The second kappa shape index (κ2) is 8.43. The van der Waals surface area contributed by atoms with Crippen molar-refractivity contribution in [1.82, 2.24) is 19.9 Å². The van der Waals surface area contributed by atoms with Crippen LogP contribution in [0.25, 0.3) is 22.6 Å². The zero-order valence-electron chi connectivity index (χ0n) is 17.2. The molecule has 1 N–H and O–H groups in total. The van der Waals surface area contributed by atoms with Crippen molar-refractivity contribution in [3.8, 4) is 22.6 Å². The van der Waals surface area contributed by atoms with E-state index in [1.54, 1.807) is 12.3 Å². The summed E-state index contributed by atoms with van der Waals surface area (Å²) in [6.45, 7) is 1.88. The lowest BCUT2D eigenvalue weighted by Gasteiger charge is -2.27. The Hall–Kier alpha value is -3.71. The predicted molar refractivity (Wildman–Crippen MR) is 118 cm³/mol. The van der Waals surface area contributed by atoms with E-state index < -0.39 is 11.6 Å². The van der Waals surface area contributed by atoms with Gasteiger partial charge in [0.1, 0.15) is 17.5 Å². The summed E-state index contributed by atoms with van der Waals surface area (Å²) in [4.78, 5) is 26.8. The van der Waals surface area contributed by atoms with Crippen molar-refractivity contribution in [2.75, 3.05) is 6.54 Å². The van der Waals surface area contributed by atoms with Crippen molar-refractivity contribution in [3.05, 3.63) is 106 Å². The average Bonchev–Trinajstić information content (AvgIpc) is 2.81. The molecule has 7 heteroatoms. The minimum absolute atomic E-state index is 0.112. The van der Waals surface area contributed by atoms with Crippen molar-refractivity contribution in [2.24, 2.45) is 0 Å². The van der Waals surface area contributed by atoms with Gasteiger partial charge in [0.15, 0.2) is 0 Å². The summed E-state index contributed by atoms with van der Waals surface area (Å²) in [5.74, 6) is -0.663. The van der Waals surface area contributed by atoms with Gasteiger partial charge in [-0.15, -0.1) is 0 Å². The highest BCUT2D eigenvalue weighted by atomic mass is 19.1. The topological polar surface area (TPSA) is 61.9 Å². The molecule has 2 aromatic carbocycles. The quantitative estimate of drug-likeness (QED) is 0.523. The number of aromatic amines is 1. The maximum Gasteiger partial charge on any atom is 0.255 e. The Labute approximate surface area is 183 Å². The van der Waals surface area contributed by atoms with Gasteiger partial charge in [-0.05, 0) is 23.8 Å². The molecule has 0 spiro atoms. The first-order valence-corrected chi connectivity index (χ1v) is 10.4. The minimum Gasteiger partial charge on any atom is -0.306 e. The molecule has 160 valence electrons. The number of pyridine rings is 1. The third-order valence-electron chi connectivity index (χ3n) is 5.63. The van der Waals surface area contributed by atoms with E-state index in [2.05, 4.69) is 19.9 Å². The van der Waals surface area contributed by atoms with Crippen LogP contribution < -0.4 is 5.56 Å². The number of aromatic nitrogens is 3. The first-order valence-electron chi connectivity index (χ1n) is 10.4. The van der Waals surface area contributed by atoms with Crippen LogP contribution >= 0.6 is 0 Å². The standard InChI is InChI=1S/C25H20F2N4O/c26-18-7-8-19(21(27)12-18)22-9-6-16(13-28-22)14-31-11-10-23-20(15-31)25(32)30-24(29-23)17-4-2-1-3-5-17/h1-9,12-13H,10-11,14-15H2,(H,29,30,32). The third-order valence-corrected chi connectivity index (χ3v) is 5.63. The highest BCUT2D eigenvalue weighted by Gasteiger charge is 2.21. The maximum atomic E-state index is 14.0. The van der Waals surface area contributed by atoms with Crippen molar-refractivity contribution >= 4 is 0 Å². The lowest BCUT2D eigenvalue weighted by Crippen LogP contribution is -2.35. The largest absolute Gasteiger partial charge is 0.306 e. The number of benzene rings is 2. The Morgan fingerprint density at radius 1 is 1.03 bits per heavy atom. The number of hydrogen-bond acceptors (Lipinski definition) is 4. The van der Waals surface area contributed by atoms with Gasteiger partial charge in [-0.1, -0.05) is 36.4 Å². The molecule has 4 aromatic rings. The normalized spacial score (nSPS) is 13.7. The van der Waals surface area contributed by atoms with E-state index in [-0.39, 0.29) is 11.1 Å². The second-order valence-corrected chi connectivity index (χ2v) is 7.84. The van der Waals surface area contributed by atoms with Crippen LogP contribution in [0.1, 0.15) is 16.8 Å². The van der Waals surface area contributed by atoms with E-state index in [1.807, 2.05) is 36.4 Å². The fourth-order valence-electron chi connectivity index (χ4n) is 3.98. The van der Waals surface area contributed by atoms with Crippen LogP contribution in [0.15, 0.2) is 71.7 Å². The van der Waals surface area contributed by atoms with Gasteiger partial charge in [-0.2, -0.15) is 0 Å². The Bertz CT molecular complexity index is 1320. The Balaban J connectivity index is 1.32. The molecule has 0 amide bonds. The van der Waals surface area contributed by atoms with Crippen molar-refractivity contribution < 1.29 is 8.78 Å². The molecule has 5 rings (SSSR count). The van der Waals surface area contributed by atoms with E-state index in [1.165, 1.54) is 12.1 Å². The molecule has 0 unspecified atom stereocenters. The highest BCUT2D eigenvalue weighted by Crippen LogP contribution is 2.23. The molecule has 3 heterocycles. The van der Waals surface area contributed by atoms with E-state index in [4.69, 9.17) is 0 Å². The lowest BCUT2D eigenvalue weighted by molar-refractivity contribution is 0.241. The van der Waals surface area contributed by atoms with Gasteiger partial charge in [0.05, 0.1) is 17.0 Å². The van der Waals surface area contributed by atoms with Gasteiger partial charge in [-0.25, -0.2) is 13.8 Å². The molecule has 0 radical (unpaired) electrons. The molecule has 0 bridgehead atoms. The molecular formula is C25H20F2N4O. The second-order valence-electron chi connectivity index (χ2n) is 7.84. The summed E-state index contributed by atoms with van der Waals surface area (Å²) in [6, 6.07) is 16.7. The predicted octanol–water partition coefficient (Wildman–Crippen LogP) is 4.34. The monoisotopic (exact) mass is 430 g/mol. The average molecular weight is 430 g/mol. The molecule has 0 aliphatic carbocycles. The van der Waals surface area contributed by atoms with Crippen molar-refractivity contribution in [2.45, 2.75) is 19.5 Å². The maximum absolute atomic E-state index is 14.0. The lowest BCUT2D eigenvalue weighted by atomic mass is 10.1. The molecule has 1 aliphatic rings. The van der Waals surface area contributed by atoms with Crippen LogP contribution in [0.4, 0.5) is 8.78 Å². The van der Waals surface area contributed by atoms with Crippen LogP contribution in [0.2, 0.25) is 0 Å².